The lowest BCUT2D eigenvalue weighted by Crippen LogP contribution is -2.45. The smallest absolute Gasteiger partial charge is 0.264 e. The van der Waals surface area contributed by atoms with Gasteiger partial charge in [-0.1, -0.05) is 44.2 Å². The van der Waals surface area contributed by atoms with E-state index in [1.165, 1.54) is 30.3 Å². The first-order chi connectivity index (χ1) is 12.2. The molecule has 0 bridgehead atoms. The van der Waals surface area contributed by atoms with E-state index in [0.717, 1.165) is 10.4 Å². The van der Waals surface area contributed by atoms with E-state index in [4.69, 9.17) is 0 Å². The zero-order valence-electron chi connectivity index (χ0n) is 15.0. The van der Waals surface area contributed by atoms with E-state index in [2.05, 4.69) is 5.32 Å². The van der Waals surface area contributed by atoms with Gasteiger partial charge in [-0.3, -0.25) is 9.10 Å². The molecule has 0 radical (unpaired) electrons. The largest absolute Gasteiger partial charge is 0.352 e. The van der Waals surface area contributed by atoms with Crippen LogP contribution in [0.4, 0.5) is 10.1 Å². The van der Waals surface area contributed by atoms with Crippen molar-refractivity contribution in [1.82, 2.24) is 5.32 Å². The lowest BCUT2D eigenvalue weighted by molar-refractivity contribution is -0.120. The molecular formula is C19H23FN2O3S. The summed E-state index contributed by atoms with van der Waals surface area (Å²) in [6, 6.07) is 13.0. The molecule has 2 rings (SSSR count). The van der Waals surface area contributed by atoms with Crippen molar-refractivity contribution in [3.05, 3.63) is 60.4 Å². The van der Waals surface area contributed by atoms with Crippen LogP contribution in [0.3, 0.4) is 0 Å². The highest BCUT2D eigenvalue weighted by Crippen LogP contribution is 2.26. The summed E-state index contributed by atoms with van der Waals surface area (Å²) < 4.78 is 41.1. The number of amides is 1. The fourth-order valence-corrected chi connectivity index (χ4v) is 3.72. The minimum Gasteiger partial charge on any atom is -0.352 e. The molecule has 0 heterocycles. The molecule has 1 atom stereocenters. The summed E-state index contributed by atoms with van der Waals surface area (Å²) in [5.74, 6) is -1.02. The van der Waals surface area contributed by atoms with Crippen molar-refractivity contribution in [3.63, 3.8) is 0 Å². The molecule has 0 aromatic heterocycles. The van der Waals surface area contributed by atoms with E-state index >= 15 is 0 Å². The van der Waals surface area contributed by atoms with Crippen LogP contribution < -0.4 is 9.62 Å². The fourth-order valence-electron chi connectivity index (χ4n) is 2.27. The Morgan fingerprint density at radius 2 is 1.62 bits per heavy atom. The van der Waals surface area contributed by atoms with Gasteiger partial charge in [0.15, 0.2) is 0 Å². The molecule has 2 aromatic carbocycles. The Bertz CT molecular complexity index is 854. The van der Waals surface area contributed by atoms with Crippen molar-refractivity contribution in [2.75, 3.05) is 10.8 Å². The number of carbonyl (C=O) groups excluding carboxylic acids is 1. The standard InChI is InChI=1S/C19H23FN2O3S/c1-14(2)15(3)21-19(23)13-22(18-12-8-7-11-17(18)20)26(24,25)16-9-5-4-6-10-16/h4-12,14-15H,13H2,1-3H3,(H,21,23)/t15-/m0/s1. The summed E-state index contributed by atoms with van der Waals surface area (Å²) in [5.41, 5.74) is -0.163. The van der Waals surface area contributed by atoms with Gasteiger partial charge in [-0.05, 0) is 37.1 Å². The van der Waals surface area contributed by atoms with Gasteiger partial charge in [-0.25, -0.2) is 12.8 Å². The number of hydrogen-bond acceptors (Lipinski definition) is 3. The molecule has 1 N–H and O–H groups in total. The maximum absolute atomic E-state index is 14.3. The maximum atomic E-state index is 14.3. The number of nitrogens with zero attached hydrogens (tertiary/aromatic N) is 1. The van der Waals surface area contributed by atoms with Crippen LogP contribution in [0.1, 0.15) is 20.8 Å². The summed E-state index contributed by atoms with van der Waals surface area (Å²) in [6.45, 7) is 5.22. The summed E-state index contributed by atoms with van der Waals surface area (Å²) in [6.07, 6.45) is 0. The van der Waals surface area contributed by atoms with Crippen LogP contribution in [0.5, 0.6) is 0 Å². The Hall–Kier alpha value is -2.41. The second-order valence-corrected chi connectivity index (χ2v) is 8.24. The van der Waals surface area contributed by atoms with Crippen LogP contribution in [0.2, 0.25) is 0 Å². The summed E-state index contributed by atoms with van der Waals surface area (Å²) >= 11 is 0. The monoisotopic (exact) mass is 378 g/mol. The third-order valence-corrected chi connectivity index (χ3v) is 5.90. The van der Waals surface area contributed by atoms with Gasteiger partial charge < -0.3 is 5.32 Å². The van der Waals surface area contributed by atoms with Crippen LogP contribution in [0.15, 0.2) is 59.5 Å². The quantitative estimate of drug-likeness (QED) is 0.805. The normalized spacial score (nSPS) is 12.7. The molecule has 0 saturated carbocycles. The second-order valence-electron chi connectivity index (χ2n) is 6.38. The van der Waals surface area contributed by atoms with E-state index in [1.54, 1.807) is 18.2 Å². The number of sulfonamides is 1. The highest BCUT2D eigenvalue weighted by atomic mass is 32.2. The highest BCUT2D eigenvalue weighted by Gasteiger charge is 2.29. The van der Waals surface area contributed by atoms with E-state index in [1.807, 2.05) is 20.8 Å². The van der Waals surface area contributed by atoms with Gasteiger partial charge in [0.1, 0.15) is 12.4 Å². The Kier molecular flexibility index (Phi) is 6.37. The van der Waals surface area contributed by atoms with Crippen molar-refractivity contribution >= 4 is 21.6 Å². The summed E-state index contributed by atoms with van der Waals surface area (Å²) in [5, 5.41) is 2.76. The van der Waals surface area contributed by atoms with E-state index in [0.29, 0.717) is 0 Å². The summed E-state index contributed by atoms with van der Waals surface area (Å²) in [7, 11) is -4.10. The number of hydrogen-bond donors (Lipinski definition) is 1. The number of carbonyl (C=O) groups is 1. The van der Waals surface area contributed by atoms with Crippen molar-refractivity contribution in [2.24, 2.45) is 5.92 Å². The van der Waals surface area contributed by atoms with Gasteiger partial charge in [0.25, 0.3) is 10.0 Å². The van der Waals surface area contributed by atoms with Crippen molar-refractivity contribution in [1.29, 1.82) is 0 Å². The minimum absolute atomic E-state index is 0.00652. The number of halogens is 1. The average molecular weight is 378 g/mol. The molecule has 0 unspecified atom stereocenters. The van der Waals surface area contributed by atoms with E-state index in [9.17, 15) is 17.6 Å². The molecule has 0 aliphatic carbocycles. The van der Waals surface area contributed by atoms with E-state index < -0.39 is 28.3 Å². The van der Waals surface area contributed by atoms with Gasteiger partial charge in [0.05, 0.1) is 10.6 Å². The van der Waals surface area contributed by atoms with Gasteiger partial charge in [0, 0.05) is 6.04 Å². The lowest BCUT2D eigenvalue weighted by Gasteiger charge is -2.26. The van der Waals surface area contributed by atoms with Crippen molar-refractivity contribution in [2.45, 2.75) is 31.7 Å². The van der Waals surface area contributed by atoms with E-state index in [-0.39, 0.29) is 22.5 Å². The SMILES string of the molecule is CC(C)[C@H](C)NC(=O)CN(c1ccccc1F)S(=O)(=O)c1ccccc1. The van der Waals surface area contributed by atoms with Crippen molar-refractivity contribution in [3.8, 4) is 0 Å². The lowest BCUT2D eigenvalue weighted by atomic mass is 10.1. The third kappa shape index (κ3) is 4.60. The van der Waals surface area contributed by atoms with Crippen LogP contribution in [0, 0.1) is 11.7 Å². The Morgan fingerprint density at radius 1 is 1.04 bits per heavy atom. The van der Waals surface area contributed by atoms with Crippen molar-refractivity contribution < 1.29 is 17.6 Å². The molecular weight excluding hydrogens is 355 g/mol. The molecule has 140 valence electrons. The number of rotatable bonds is 7. The first-order valence-electron chi connectivity index (χ1n) is 8.35. The highest BCUT2D eigenvalue weighted by molar-refractivity contribution is 7.92. The minimum atomic E-state index is -4.10. The molecule has 0 spiro atoms. The molecule has 0 aliphatic rings. The molecule has 0 aliphatic heterocycles. The van der Waals surface area contributed by atoms with Gasteiger partial charge in [0.2, 0.25) is 5.91 Å². The number of benzene rings is 2. The molecule has 5 nitrogen and oxygen atoms in total. The van der Waals surface area contributed by atoms with Gasteiger partial charge in [-0.15, -0.1) is 0 Å². The number of nitrogens with one attached hydrogen (secondary N) is 1. The van der Waals surface area contributed by atoms with Gasteiger partial charge >= 0.3 is 0 Å². The zero-order chi connectivity index (χ0) is 19.3. The van der Waals surface area contributed by atoms with Crippen LogP contribution in [-0.2, 0) is 14.8 Å². The summed E-state index contributed by atoms with van der Waals surface area (Å²) in [4.78, 5) is 12.4. The first-order valence-corrected chi connectivity index (χ1v) is 9.79. The fraction of sp³-hybridized carbons (Fsp3) is 0.316. The molecule has 2 aromatic rings. The topological polar surface area (TPSA) is 66.5 Å². The van der Waals surface area contributed by atoms with Gasteiger partial charge in [-0.2, -0.15) is 0 Å². The molecule has 0 fully saturated rings. The Morgan fingerprint density at radius 3 is 2.19 bits per heavy atom. The first kappa shape index (κ1) is 19.9. The molecule has 7 heteroatoms. The average Bonchev–Trinajstić information content (AvgIpc) is 2.61. The number of para-hydroxylation sites is 1. The van der Waals surface area contributed by atoms with Crippen LogP contribution in [-0.4, -0.2) is 26.9 Å². The Labute approximate surface area is 153 Å². The molecule has 0 saturated heterocycles. The zero-order valence-corrected chi connectivity index (χ0v) is 15.8. The maximum Gasteiger partial charge on any atom is 0.264 e. The Balaban J connectivity index is 2.41. The molecule has 1 amide bonds. The van der Waals surface area contributed by atoms with Crippen LogP contribution >= 0.6 is 0 Å². The predicted octanol–water partition coefficient (Wildman–Crippen LogP) is 3.18. The van der Waals surface area contributed by atoms with Crippen LogP contribution in [0.25, 0.3) is 0 Å². The number of anilines is 1. The third-order valence-electron chi connectivity index (χ3n) is 4.13. The molecule has 26 heavy (non-hydrogen) atoms. The second kappa shape index (κ2) is 8.31. The predicted molar refractivity (Wildman–Crippen MR) is 99.8 cm³/mol.